The van der Waals surface area contributed by atoms with Gasteiger partial charge in [-0.2, -0.15) is 0 Å². The Morgan fingerprint density at radius 3 is 2.73 bits per heavy atom. The van der Waals surface area contributed by atoms with Crippen LogP contribution in [0.5, 0.6) is 5.75 Å². The van der Waals surface area contributed by atoms with Gasteiger partial charge in [-0.3, -0.25) is 9.78 Å². The van der Waals surface area contributed by atoms with Crippen molar-refractivity contribution >= 4 is 5.91 Å². The molecular weight excluding hydrogens is 328 g/mol. The number of carbonyl (C=O) groups is 1. The third kappa shape index (κ3) is 4.27. The summed E-state index contributed by atoms with van der Waals surface area (Å²) in [5, 5.41) is 2.92. The lowest BCUT2D eigenvalue weighted by Crippen LogP contribution is -2.38. The first-order valence-electron chi connectivity index (χ1n) is 8.57. The molecule has 0 saturated carbocycles. The number of aromatic nitrogens is 3. The van der Waals surface area contributed by atoms with Gasteiger partial charge in [-0.25, -0.2) is 4.98 Å². The van der Waals surface area contributed by atoms with Crippen molar-refractivity contribution in [2.45, 2.75) is 26.5 Å². The lowest BCUT2D eigenvalue weighted by molar-refractivity contribution is -0.127. The van der Waals surface area contributed by atoms with Gasteiger partial charge >= 0.3 is 0 Å². The molecule has 1 aromatic carbocycles. The monoisotopic (exact) mass is 350 g/mol. The number of aryl methyl sites for hydroxylation is 1. The lowest BCUT2D eigenvalue weighted by Gasteiger charge is -2.15. The molecule has 3 rings (SSSR count). The van der Waals surface area contributed by atoms with Gasteiger partial charge in [0.2, 0.25) is 0 Å². The summed E-state index contributed by atoms with van der Waals surface area (Å²) in [5.41, 5.74) is 1.99. The number of nitrogens with one attached hydrogen (secondary N) is 1. The molecule has 0 fully saturated rings. The van der Waals surface area contributed by atoms with Gasteiger partial charge in [0, 0.05) is 42.9 Å². The molecular formula is C20H22N4O2. The molecule has 3 aromatic rings. The molecule has 0 saturated heterocycles. The van der Waals surface area contributed by atoms with Crippen molar-refractivity contribution in [2.75, 3.05) is 6.54 Å². The smallest absolute Gasteiger partial charge is 0.260 e. The van der Waals surface area contributed by atoms with E-state index in [0.29, 0.717) is 18.8 Å². The molecule has 6 nitrogen and oxygen atoms in total. The second-order valence-electron chi connectivity index (χ2n) is 5.98. The van der Waals surface area contributed by atoms with Crippen LogP contribution in [0.15, 0.2) is 61.1 Å². The third-order valence-electron chi connectivity index (χ3n) is 4.03. The fraction of sp³-hybridized carbons (Fsp3) is 0.250. The summed E-state index contributed by atoms with van der Waals surface area (Å²) in [7, 11) is 0. The van der Waals surface area contributed by atoms with Gasteiger partial charge in [-0.05, 0) is 38.1 Å². The molecule has 0 spiro atoms. The maximum Gasteiger partial charge on any atom is 0.260 e. The number of rotatable bonds is 7. The van der Waals surface area contributed by atoms with Crippen molar-refractivity contribution < 1.29 is 9.53 Å². The van der Waals surface area contributed by atoms with E-state index in [1.165, 1.54) is 0 Å². The fourth-order valence-corrected chi connectivity index (χ4v) is 2.66. The zero-order chi connectivity index (χ0) is 18.4. The second kappa shape index (κ2) is 8.29. The first-order valence-corrected chi connectivity index (χ1v) is 8.57. The first kappa shape index (κ1) is 17.7. The minimum absolute atomic E-state index is 0.144. The number of hydrogen-bond donors (Lipinski definition) is 1. The van der Waals surface area contributed by atoms with E-state index in [9.17, 15) is 4.79 Å². The number of imidazole rings is 1. The summed E-state index contributed by atoms with van der Waals surface area (Å²) in [6, 6.07) is 13.2. The van der Waals surface area contributed by atoms with E-state index >= 15 is 0 Å². The van der Waals surface area contributed by atoms with Crippen molar-refractivity contribution in [1.29, 1.82) is 0 Å². The van der Waals surface area contributed by atoms with E-state index in [1.54, 1.807) is 19.3 Å². The molecule has 2 heterocycles. The van der Waals surface area contributed by atoms with Gasteiger partial charge in [-0.15, -0.1) is 0 Å². The topological polar surface area (TPSA) is 69.0 Å². The summed E-state index contributed by atoms with van der Waals surface area (Å²) in [6.07, 6.45) is 4.79. The van der Waals surface area contributed by atoms with E-state index < -0.39 is 6.10 Å². The summed E-state index contributed by atoms with van der Waals surface area (Å²) in [6.45, 7) is 4.85. The predicted octanol–water partition coefficient (Wildman–Crippen LogP) is 2.84. The summed E-state index contributed by atoms with van der Waals surface area (Å²) in [5.74, 6) is 1.38. The average molecular weight is 350 g/mol. The van der Waals surface area contributed by atoms with Gasteiger partial charge in [0.15, 0.2) is 6.10 Å². The highest BCUT2D eigenvalue weighted by molar-refractivity contribution is 5.80. The molecule has 1 N–H and O–H groups in total. The Labute approximate surface area is 152 Å². The minimum atomic E-state index is -0.556. The van der Waals surface area contributed by atoms with Gasteiger partial charge in [-0.1, -0.05) is 18.2 Å². The normalized spacial score (nSPS) is 11.8. The number of para-hydroxylation sites is 1. The molecule has 1 unspecified atom stereocenters. The van der Waals surface area contributed by atoms with Crippen LogP contribution in [0.3, 0.4) is 0 Å². The molecule has 134 valence electrons. The van der Waals surface area contributed by atoms with E-state index in [-0.39, 0.29) is 5.91 Å². The highest BCUT2D eigenvalue weighted by Gasteiger charge is 2.15. The number of pyridine rings is 1. The van der Waals surface area contributed by atoms with Gasteiger partial charge in [0.05, 0.1) is 0 Å². The van der Waals surface area contributed by atoms with Crippen molar-refractivity contribution in [3.8, 4) is 17.1 Å². The van der Waals surface area contributed by atoms with Gasteiger partial charge in [0.25, 0.3) is 5.91 Å². The van der Waals surface area contributed by atoms with E-state index in [4.69, 9.17) is 4.74 Å². The maximum atomic E-state index is 12.2. The highest BCUT2D eigenvalue weighted by Crippen LogP contribution is 2.18. The number of carbonyl (C=O) groups excluding carboxylic acids is 1. The fourth-order valence-electron chi connectivity index (χ4n) is 2.66. The van der Waals surface area contributed by atoms with Crippen LogP contribution in [0, 0.1) is 6.92 Å². The SMILES string of the molecule is Cc1cnc(-c2cccnc2)n1CCNC(=O)C(C)Oc1ccccc1. The van der Waals surface area contributed by atoms with Crippen LogP contribution in [-0.4, -0.2) is 33.1 Å². The molecule has 0 aliphatic carbocycles. The Balaban J connectivity index is 1.57. The molecule has 6 heteroatoms. The van der Waals surface area contributed by atoms with Crippen molar-refractivity contribution in [3.05, 3.63) is 66.7 Å². The standard InChI is InChI=1S/C20H22N4O2/c1-15-13-23-19(17-7-6-10-21-14-17)24(15)12-11-22-20(25)16(2)26-18-8-4-3-5-9-18/h3-10,13-14,16H,11-12H2,1-2H3,(H,22,25). The second-order valence-corrected chi connectivity index (χ2v) is 5.98. The molecule has 1 amide bonds. The molecule has 0 aliphatic heterocycles. The average Bonchev–Trinajstić information content (AvgIpc) is 3.04. The quantitative estimate of drug-likeness (QED) is 0.711. The van der Waals surface area contributed by atoms with E-state index in [0.717, 1.165) is 17.1 Å². The summed E-state index contributed by atoms with van der Waals surface area (Å²) in [4.78, 5) is 20.8. The van der Waals surface area contributed by atoms with Crippen LogP contribution in [-0.2, 0) is 11.3 Å². The van der Waals surface area contributed by atoms with Crippen LogP contribution < -0.4 is 10.1 Å². The number of benzene rings is 1. The maximum absolute atomic E-state index is 12.2. The largest absolute Gasteiger partial charge is 0.481 e. The highest BCUT2D eigenvalue weighted by atomic mass is 16.5. The minimum Gasteiger partial charge on any atom is -0.481 e. The van der Waals surface area contributed by atoms with Crippen LogP contribution >= 0.6 is 0 Å². The Hall–Kier alpha value is -3.15. The molecule has 0 aliphatic rings. The summed E-state index contributed by atoms with van der Waals surface area (Å²) >= 11 is 0. The number of ether oxygens (including phenoxy) is 1. The van der Waals surface area contributed by atoms with Gasteiger partial charge < -0.3 is 14.6 Å². The van der Waals surface area contributed by atoms with Crippen molar-refractivity contribution in [2.24, 2.45) is 0 Å². The van der Waals surface area contributed by atoms with Crippen LogP contribution in [0.25, 0.3) is 11.4 Å². The first-order chi connectivity index (χ1) is 12.6. The third-order valence-corrected chi connectivity index (χ3v) is 4.03. The van der Waals surface area contributed by atoms with Gasteiger partial charge in [0.1, 0.15) is 11.6 Å². The van der Waals surface area contributed by atoms with E-state index in [1.807, 2.05) is 55.6 Å². The zero-order valence-electron chi connectivity index (χ0n) is 14.9. The van der Waals surface area contributed by atoms with E-state index in [2.05, 4.69) is 19.9 Å². The number of hydrogen-bond acceptors (Lipinski definition) is 4. The molecule has 0 bridgehead atoms. The Morgan fingerprint density at radius 1 is 1.19 bits per heavy atom. The van der Waals surface area contributed by atoms with Crippen molar-refractivity contribution in [1.82, 2.24) is 19.9 Å². The zero-order valence-corrected chi connectivity index (χ0v) is 14.9. The number of amides is 1. The van der Waals surface area contributed by atoms with Crippen LogP contribution in [0.2, 0.25) is 0 Å². The Bertz CT molecular complexity index is 847. The predicted molar refractivity (Wildman–Crippen MR) is 99.7 cm³/mol. The molecule has 0 radical (unpaired) electrons. The number of nitrogens with zero attached hydrogens (tertiary/aromatic N) is 3. The molecule has 26 heavy (non-hydrogen) atoms. The van der Waals surface area contributed by atoms with Crippen molar-refractivity contribution in [3.63, 3.8) is 0 Å². The Kier molecular flexibility index (Phi) is 5.63. The Morgan fingerprint density at radius 2 is 2.00 bits per heavy atom. The molecule has 1 atom stereocenters. The lowest BCUT2D eigenvalue weighted by atomic mass is 10.2. The summed E-state index contributed by atoms with van der Waals surface area (Å²) < 4.78 is 7.71. The van der Waals surface area contributed by atoms with Crippen LogP contribution in [0.1, 0.15) is 12.6 Å². The van der Waals surface area contributed by atoms with Crippen LogP contribution in [0.4, 0.5) is 0 Å². The molecule has 2 aromatic heterocycles.